The van der Waals surface area contributed by atoms with Crippen molar-refractivity contribution in [2.75, 3.05) is 6.54 Å². The summed E-state index contributed by atoms with van der Waals surface area (Å²) in [6, 6.07) is 4.01. The Morgan fingerprint density at radius 3 is 2.88 bits per heavy atom. The van der Waals surface area contributed by atoms with Gasteiger partial charge in [0.15, 0.2) is 0 Å². The van der Waals surface area contributed by atoms with E-state index in [0.29, 0.717) is 18.4 Å². The second-order valence-electron chi connectivity index (χ2n) is 5.74. The fourth-order valence-electron chi connectivity index (χ4n) is 2.54. The van der Waals surface area contributed by atoms with E-state index in [0.717, 1.165) is 21.0 Å². The van der Waals surface area contributed by atoms with Crippen molar-refractivity contribution in [3.05, 3.63) is 57.6 Å². The first-order valence-corrected chi connectivity index (χ1v) is 8.53. The highest BCUT2D eigenvalue weighted by Crippen LogP contribution is 2.30. The number of nitrogens with zero attached hydrogens (tertiary/aromatic N) is 5. The highest BCUT2D eigenvalue weighted by molar-refractivity contribution is 7.15. The molecule has 0 aliphatic rings. The first-order valence-electron chi connectivity index (χ1n) is 7.71. The normalized spacial score (nSPS) is 12.1. The standard InChI is InChI=1S/C16H19FN6OS/c1-11-14(9-21(2)20-11)15-4-3-13(25-15)8-22-10-19-23(16(22)24)7-12(5-17)6-18/h3-5,9-10H,6-8,18H2,1-2H3/b12-5+. The van der Waals surface area contributed by atoms with Crippen LogP contribution in [0.5, 0.6) is 0 Å². The number of hydrogen-bond acceptors (Lipinski definition) is 5. The van der Waals surface area contributed by atoms with Gasteiger partial charge in [-0.25, -0.2) is 13.9 Å². The molecule has 0 fully saturated rings. The van der Waals surface area contributed by atoms with Crippen LogP contribution in [0.15, 0.2) is 41.4 Å². The molecule has 7 nitrogen and oxygen atoms in total. The molecule has 25 heavy (non-hydrogen) atoms. The Hall–Kier alpha value is -2.52. The molecule has 0 unspecified atom stereocenters. The Kier molecular flexibility index (Phi) is 4.95. The lowest BCUT2D eigenvalue weighted by atomic mass is 10.2. The van der Waals surface area contributed by atoms with E-state index >= 15 is 0 Å². The van der Waals surface area contributed by atoms with Gasteiger partial charge in [-0.1, -0.05) is 0 Å². The van der Waals surface area contributed by atoms with E-state index in [1.54, 1.807) is 16.0 Å². The summed E-state index contributed by atoms with van der Waals surface area (Å²) in [7, 11) is 1.89. The summed E-state index contributed by atoms with van der Waals surface area (Å²) in [5, 5.41) is 8.38. The minimum Gasteiger partial charge on any atom is -0.327 e. The Bertz CT molecular complexity index is 964. The van der Waals surface area contributed by atoms with Crippen molar-refractivity contribution < 1.29 is 4.39 Å². The maximum Gasteiger partial charge on any atom is 0.346 e. The predicted molar refractivity (Wildman–Crippen MR) is 95.1 cm³/mol. The van der Waals surface area contributed by atoms with Crippen LogP contribution in [-0.4, -0.2) is 30.7 Å². The summed E-state index contributed by atoms with van der Waals surface area (Å²) in [4.78, 5) is 14.5. The molecule has 3 rings (SSSR count). The van der Waals surface area contributed by atoms with E-state index in [9.17, 15) is 9.18 Å². The second-order valence-corrected chi connectivity index (χ2v) is 6.91. The molecule has 0 radical (unpaired) electrons. The summed E-state index contributed by atoms with van der Waals surface area (Å²) < 4.78 is 17.1. The summed E-state index contributed by atoms with van der Waals surface area (Å²) in [5.41, 5.74) is 7.50. The van der Waals surface area contributed by atoms with Crippen molar-refractivity contribution in [1.29, 1.82) is 0 Å². The lowest BCUT2D eigenvalue weighted by Gasteiger charge is -2.01. The first-order chi connectivity index (χ1) is 12.0. The molecule has 3 aromatic rings. The van der Waals surface area contributed by atoms with Crippen molar-refractivity contribution in [3.63, 3.8) is 0 Å². The van der Waals surface area contributed by atoms with E-state index in [-0.39, 0.29) is 18.8 Å². The molecule has 0 saturated carbocycles. The van der Waals surface area contributed by atoms with Gasteiger partial charge in [-0.3, -0.25) is 9.25 Å². The minimum absolute atomic E-state index is 0.0501. The molecular weight excluding hydrogens is 343 g/mol. The zero-order valence-electron chi connectivity index (χ0n) is 14.0. The molecule has 0 aliphatic carbocycles. The SMILES string of the molecule is Cc1nn(C)cc1-c1ccc(Cn2cnn(C/C(=C/F)CN)c2=O)s1. The number of thiophene rings is 1. The van der Waals surface area contributed by atoms with E-state index in [2.05, 4.69) is 10.2 Å². The largest absolute Gasteiger partial charge is 0.346 e. The number of aromatic nitrogens is 5. The molecule has 0 amide bonds. The van der Waals surface area contributed by atoms with Crippen molar-refractivity contribution in [2.45, 2.75) is 20.0 Å². The van der Waals surface area contributed by atoms with Crippen LogP contribution in [0.3, 0.4) is 0 Å². The third-order valence-electron chi connectivity index (χ3n) is 3.83. The molecule has 0 bridgehead atoms. The van der Waals surface area contributed by atoms with E-state index in [1.165, 1.54) is 15.6 Å². The third kappa shape index (κ3) is 3.62. The van der Waals surface area contributed by atoms with Gasteiger partial charge < -0.3 is 5.73 Å². The molecule has 3 heterocycles. The lowest BCUT2D eigenvalue weighted by molar-refractivity contribution is 0.604. The van der Waals surface area contributed by atoms with Crippen LogP contribution >= 0.6 is 11.3 Å². The number of hydrogen-bond donors (Lipinski definition) is 1. The molecule has 0 saturated heterocycles. The van der Waals surface area contributed by atoms with Crippen molar-refractivity contribution in [1.82, 2.24) is 24.1 Å². The van der Waals surface area contributed by atoms with Gasteiger partial charge in [-0.15, -0.1) is 11.3 Å². The minimum atomic E-state index is -0.291. The van der Waals surface area contributed by atoms with Crippen LogP contribution in [0.25, 0.3) is 10.4 Å². The molecular formula is C16H19FN6OS. The summed E-state index contributed by atoms with van der Waals surface area (Å²) >= 11 is 1.61. The van der Waals surface area contributed by atoms with Gasteiger partial charge in [0.05, 0.1) is 25.1 Å². The average Bonchev–Trinajstić information content (AvgIpc) is 3.27. The zero-order chi connectivity index (χ0) is 18.0. The van der Waals surface area contributed by atoms with Gasteiger partial charge in [-0.2, -0.15) is 10.2 Å². The summed E-state index contributed by atoms with van der Waals surface area (Å²) in [5.74, 6) is 0. The molecule has 0 aromatic carbocycles. The van der Waals surface area contributed by atoms with Gasteiger partial charge in [0, 0.05) is 35.1 Å². The molecule has 0 atom stereocenters. The molecule has 9 heteroatoms. The Morgan fingerprint density at radius 2 is 2.24 bits per heavy atom. The highest BCUT2D eigenvalue weighted by Gasteiger charge is 2.11. The Morgan fingerprint density at radius 1 is 1.44 bits per heavy atom. The fraction of sp³-hybridized carbons (Fsp3) is 0.312. The maximum atomic E-state index is 12.6. The van der Waals surface area contributed by atoms with Crippen LogP contribution in [0.2, 0.25) is 0 Å². The van der Waals surface area contributed by atoms with Crippen molar-refractivity contribution in [3.8, 4) is 10.4 Å². The number of halogens is 1. The van der Waals surface area contributed by atoms with E-state index in [1.807, 2.05) is 32.3 Å². The molecule has 3 aromatic heterocycles. The molecule has 2 N–H and O–H groups in total. The van der Waals surface area contributed by atoms with Crippen LogP contribution in [0.4, 0.5) is 4.39 Å². The highest BCUT2D eigenvalue weighted by atomic mass is 32.1. The topological polar surface area (TPSA) is 83.7 Å². The Balaban J connectivity index is 1.79. The predicted octanol–water partition coefficient (Wildman–Crippen LogP) is 1.68. The van der Waals surface area contributed by atoms with Crippen molar-refractivity contribution in [2.24, 2.45) is 12.8 Å². The maximum absolute atomic E-state index is 12.6. The third-order valence-corrected chi connectivity index (χ3v) is 4.94. The van der Waals surface area contributed by atoms with E-state index < -0.39 is 0 Å². The second kappa shape index (κ2) is 7.16. The smallest absolute Gasteiger partial charge is 0.327 e. The lowest BCUT2D eigenvalue weighted by Crippen LogP contribution is -2.26. The zero-order valence-corrected chi connectivity index (χ0v) is 14.8. The van der Waals surface area contributed by atoms with Gasteiger partial charge in [0.1, 0.15) is 6.33 Å². The van der Waals surface area contributed by atoms with E-state index in [4.69, 9.17) is 5.73 Å². The number of nitrogens with two attached hydrogens (primary N) is 1. The van der Waals surface area contributed by atoms with Gasteiger partial charge in [0.2, 0.25) is 0 Å². The summed E-state index contributed by atoms with van der Waals surface area (Å²) in [6.45, 7) is 2.49. The Labute approximate surface area is 147 Å². The quantitative estimate of drug-likeness (QED) is 0.723. The molecule has 0 aliphatic heterocycles. The monoisotopic (exact) mass is 362 g/mol. The first kappa shape index (κ1) is 17.3. The van der Waals surface area contributed by atoms with Crippen LogP contribution in [-0.2, 0) is 20.1 Å². The molecule has 132 valence electrons. The van der Waals surface area contributed by atoms with Crippen LogP contribution < -0.4 is 11.4 Å². The average molecular weight is 362 g/mol. The van der Waals surface area contributed by atoms with Crippen LogP contribution in [0.1, 0.15) is 10.6 Å². The van der Waals surface area contributed by atoms with Gasteiger partial charge >= 0.3 is 5.69 Å². The van der Waals surface area contributed by atoms with Gasteiger partial charge in [0.25, 0.3) is 0 Å². The molecule has 0 spiro atoms. The van der Waals surface area contributed by atoms with Crippen LogP contribution in [0, 0.1) is 6.92 Å². The fourth-order valence-corrected chi connectivity index (χ4v) is 3.61. The number of rotatable bonds is 6. The summed E-state index contributed by atoms with van der Waals surface area (Å²) in [6.07, 6.45) is 3.86. The van der Waals surface area contributed by atoms with Gasteiger partial charge in [-0.05, 0) is 24.6 Å². The number of aryl methyl sites for hydroxylation is 2. The van der Waals surface area contributed by atoms with Crippen molar-refractivity contribution >= 4 is 11.3 Å².